The molecular weight excluding hydrogens is 176 g/mol. The van der Waals surface area contributed by atoms with Gasteiger partial charge in [-0.1, -0.05) is 13.8 Å². The summed E-state index contributed by atoms with van der Waals surface area (Å²) < 4.78 is 2.07. The SMILES string of the molecule is CC.CC1=[N+]2NC(=O)[C@@H](C)[C@H]2CCC1. The van der Waals surface area contributed by atoms with Gasteiger partial charge in [0.25, 0.3) is 5.91 Å². The molecule has 2 atom stereocenters. The largest absolute Gasteiger partial charge is 0.283 e. The van der Waals surface area contributed by atoms with Crippen LogP contribution in [0.4, 0.5) is 0 Å². The molecule has 0 aliphatic carbocycles. The van der Waals surface area contributed by atoms with E-state index in [0.717, 1.165) is 12.8 Å². The fraction of sp³-hybridized carbons (Fsp3) is 0.818. The van der Waals surface area contributed by atoms with Gasteiger partial charge in [-0.3, -0.25) is 4.79 Å². The highest BCUT2D eigenvalue weighted by Crippen LogP contribution is 2.23. The van der Waals surface area contributed by atoms with Gasteiger partial charge in [-0.25, -0.2) is 0 Å². The minimum Gasteiger partial charge on any atom is -0.269 e. The maximum absolute atomic E-state index is 11.3. The molecule has 3 nitrogen and oxygen atoms in total. The minimum atomic E-state index is 0.167. The smallest absolute Gasteiger partial charge is 0.269 e. The molecule has 0 spiro atoms. The Kier molecular flexibility index (Phi) is 3.67. The number of rotatable bonds is 0. The maximum Gasteiger partial charge on any atom is 0.283 e. The van der Waals surface area contributed by atoms with Crippen LogP contribution in [0.2, 0.25) is 0 Å². The van der Waals surface area contributed by atoms with E-state index >= 15 is 0 Å². The molecule has 2 aliphatic rings. The second-order valence-corrected chi connectivity index (χ2v) is 3.83. The molecule has 0 bridgehead atoms. The van der Waals surface area contributed by atoms with Crippen molar-refractivity contribution in [1.29, 1.82) is 0 Å². The standard InChI is InChI=1S/C9H14N2O.C2H6/c1-6-4-3-5-8-7(2)9(12)10-11(6)8;1-2/h7-8H,3-5H2,1-2H3;1-2H3/p+1/t7-,8+;/m0./s1. The van der Waals surface area contributed by atoms with Crippen LogP contribution in [0.5, 0.6) is 0 Å². The lowest BCUT2D eigenvalue weighted by molar-refractivity contribution is -0.602. The molecular formula is C11H21N2O+. The van der Waals surface area contributed by atoms with Gasteiger partial charge >= 0.3 is 0 Å². The van der Waals surface area contributed by atoms with Gasteiger partial charge in [0.1, 0.15) is 5.92 Å². The Balaban J connectivity index is 0.000000461. The van der Waals surface area contributed by atoms with Gasteiger partial charge in [-0.05, 0) is 13.3 Å². The number of nitrogens with zero attached hydrogens (tertiary/aromatic N) is 1. The first-order chi connectivity index (χ1) is 6.70. The quantitative estimate of drug-likeness (QED) is 0.589. The van der Waals surface area contributed by atoms with Crippen LogP contribution in [0, 0.1) is 5.92 Å². The molecule has 80 valence electrons. The summed E-state index contributed by atoms with van der Waals surface area (Å²) in [6.45, 7) is 8.11. The topological polar surface area (TPSA) is 32.1 Å². The Labute approximate surface area is 86.2 Å². The van der Waals surface area contributed by atoms with Crippen LogP contribution in [0.25, 0.3) is 0 Å². The molecule has 3 heteroatoms. The van der Waals surface area contributed by atoms with Gasteiger partial charge in [0, 0.05) is 19.8 Å². The Morgan fingerprint density at radius 3 is 2.64 bits per heavy atom. The van der Waals surface area contributed by atoms with Crippen molar-refractivity contribution in [2.75, 3.05) is 0 Å². The summed E-state index contributed by atoms with van der Waals surface area (Å²) in [5, 5.41) is 0. The molecule has 1 N–H and O–H groups in total. The molecule has 2 aliphatic heterocycles. The molecule has 2 heterocycles. The first kappa shape index (κ1) is 11.2. The van der Waals surface area contributed by atoms with Crippen molar-refractivity contribution in [3.63, 3.8) is 0 Å². The Morgan fingerprint density at radius 1 is 1.43 bits per heavy atom. The Hall–Kier alpha value is -0.860. The van der Waals surface area contributed by atoms with E-state index in [-0.39, 0.29) is 11.8 Å². The highest BCUT2D eigenvalue weighted by Gasteiger charge is 2.44. The maximum atomic E-state index is 11.3. The summed E-state index contributed by atoms with van der Waals surface area (Å²) in [6.07, 6.45) is 3.51. The normalized spacial score (nSPS) is 30.4. The van der Waals surface area contributed by atoms with Gasteiger partial charge in [-0.2, -0.15) is 0 Å². The molecule has 14 heavy (non-hydrogen) atoms. The molecule has 1 amide bonds. The second-order valence-electron chi connectivity index (χ2n) is 3.83. The van der Waals surface area contributed by atoms with E-state index in [1.807, 2.05) is 20.8 Å². The fourth-order valence-corrected chi connectivity index (χ4v) is 2.15. The van der Waals surface area contributed by atoms with Crippen molar-refractivity contribution >= 4 is 11.6 Å². The number of carbonyl (C=O) groups is 1. The van der Waals surface area contributed by atoms with Crippen molar-refractivity contribution in [2.45, 2.75) is 53.0 Å². The van der Waals surface area contributed by atoms with Gasteiger partial charge in [-0.15, -0.1) is 10.1 Å². The van der Waals surface area contributed by atoms with E-state index in [9.17, 15) is 4.79 Å². The van der Waals surface area contributed by atoms with Crippen molar-refractivity contribution in [1.82, 2.24) is 5.43 Å². The lowest BCUT2D eigenvalue weighted by atomic mass is 9.94. The molecule has 0 radical (unpaired) electrons. The number of hydrazine groups is 1. The molecule has 0 aromatic heterocycles. The number of amides is 1. The first-order valence-corrected chi connectivity index (χ1v) is 5.62. The monoisotopic (exact) mass is 197 g/mol. The third-order valence-electron chi connectivity index (χ3n) is 3.00. The highest BCUT2D eigenvalue weighted by molar-refractivity contribution is 5.83. The second kappa shape index (κ2) is 4.58. The van der Waals surface area contributed by atoms with E-state index in [2.05, 4.69) is 17.0 Å². The van der Waals surface area contributed by atoms with E-state index in [0.29, 0.717) is 6.04 Å². The zero-order chi connectivity index (χ0) is 10.7. The minimum absolute atomic E-state index is 0.167. The molecule has 1 fully saturated rings. The summed E-state index contributed by atoms with van der Waals surface area (Å²) in [6, 6.07) is 0.422. The van der Waals surface area contributed by atoms with Crippen LogP contribution in [0.1, 0.15) is 47.0 Å². The number of hydrogen-bond acceptors (Lipinski definition) is 1. The van der Waals surface area contributed by atoms with Crippen molar-refractivity contribution in [2.24, 2.45) is 5.92 Å². The number of nitrogens with one attached hydrogen (secondary N) is 1. The molecule has 0 unspecified atom stereocenters. The molecule has 0 saturated carbocycles. The van der Waals surface area contributed by atoms with Crippen LogP contribution in [0.15, 0.2) is 0 Å². The summed E-state index contributed by atoms with van der Waals surface area (Å²) >= 11 is 0. The third-order valence-corrected chi connectivity index (χ3v) is 3.00. The average Bonchev–Trinajstić information content (AvgIpc) is 2.50. The summed E-state index contributed by atoms with van der Waals surface area (Å²) in [7, 11) is 0. The predicted molar refractivity (Wildman–Crippen MR) is 57.2 cm³/mol. The van der Waals surface area contributed by atoms with Crippen molar-refractivity contribution in [3.05, 3.63) is 0 Å². The van der Waals surface area contributed by atoms with Gasteiger partial charge in [0.15, 0.2) is 11.8 Å². The number of fused-ring (bicyclic) bond motifs is 1. The van der Waals surface area contributed by atoms with Crippen LogP contribution in [-0.4, -0.2) is 22.3 Å². The van der Waals surface area contributed by atoms with Crippen LogP contribution >= 0.6 is 0 Å². The van der Waals surface area contributed by atoms with Crippen LogP contribution < -0.4 is 5.43 Å². The van der Waals surface area contributed by atoms with Crippen molar-refractivity contribution < 1.29 is 9.48 Å². The van der Waals surface area contributed by atoms with Crippen LogP contribution in [0.3, 0.4) is 0 Å². The van der Waals surface area contributed by atoms with Gasteiger partial charge in [0.2, 0.25) is 0 Å². The molecule has 1 saturated heterocycles. The zero-order valence-electron chi connectivity index (χ0n) is 9.63. The van der Waals surface area contributed by atoms with Gasteiger partial charge in [0.05, 0.1) is 0 Å². The summed E-state index contributed by atoms with van der Waals surface area (Å²) in [5.74, 6) is 0.349. The molecule has 0 aromatic carbocycles. The van der Waals surface area contributed by atoms with E-state index in [1.165, 1.54) is 12.1 Å². The Bertz CT molecular complexity index is 258. The Morgan fingerprint density at radius 2 is 2.07 bits per heavy atom. The highest BCUT2D eigenvalue weighted by atomic mass is 16.2. The van der Waals surface area contributed by atoms with E-state index in [4.69, 9.17) is 0 Å². The van der Waals surface area contributed by atoms with Crippen LogP contribution in [-0.2, 0) is 4.79 Å². The number of carbonyl (C=O) groups excluding carboxylic acids is 1. The van der Waals surface area contributed by atoms with Gasteiger partial charge < -0.3 is 0 Å². The fourth-order valence-electron chi connectivity index (χ4n) is 2.15. The lowest BCUT2D eigenvalue weighted by Gasteiger charge is -2.14. The molecule has 0 aromatic rings. The molecule has 2 rings (SSSR count). The first-order valence-electron chi connectivity index (χ1n) is 5.62. The number of hydrazone groups is 1. The van der Waals surface area contributed by atoms with Crippen molar-refractivity contribution in [3.8, 4) is 0 Å². The average molecular weight is 197 g/mol. The zero-order valence-corrected chi connectivity index (χ0v) is 9.63. The summed E-state index contributed by atoms with van der Waals surface area (Å²) in [5.41, 5.74) is 4.22. The third kappa shape index (κ3) is 1.81. The predicted octanol–water partition coefficient (Wildman–Crippen LogP) is 1.72. The number of hydrogen-bond donors (Lipinski definition) is 1. The summed E-state index contributed by atoms with van der Waals surface area (Å²) in [4.78, 5) is 11.3. The van der Waals surface area contributed by atoms with E-state index in [1.54, 1.807) is 0 Å². The van der Waals surface area contributed by atoms with E-state index < -0.39 is 0 Å². The lowest BCUT2D eigenvalue weighted by Crippen LogP contribution is -2.36.